The van der Waals surface area contributed by atoms with E-state index in [0.29, 0.717) is 11.5 Å². The van der Waals surface area contributed by atoms with Gasteiger partial charge in [-0.3, -0.25) is 4.79 Å². The van der Waals surface area contributed by atoms with Crippen LogP contribution in [0.3, 0.4) is 0 Å². The van der Waals surface area contributed by atoms with Gasteiger partial charge in [0.2, 0.25) is 0 Å². The fraction of sp³-hybridized carbons (Fsp3) is 0.182. The summed E-state index contributed by atoms with van der Waals surface area (Å²) in [5, 5.41) is 5.42. The third-order valence-corrected chi connectivity index (χ3v) is 5.01. The number of hydrogen-bond acceptors (Lipinski definition) is 5. The average molecular weight is 434 g/mol. The highest BCUT2D eigenvalue weighted by atomic mass is 79.9. The predicted octanol–water partition coefficient (Wildman–Crippen LogP) is 5.10. The topological polar surface area (TPSA) is 54.9 Å². The summed E-state index contributed by atoms with van der Waals surface area (Å²) < 4.78 is 65.9. The molecule has 23 heavy (non-hydrogen) atoms. The summed E-state index contributed by atoms with van der Waals surface area (Å²) in [6, 6.07) is 3.84. The van der Waals surface area contributed by atoms with Gasteiger partial charge in [-0.2, -0.15) is 13.2 Å². The largest absolute Gasteiger partial charge is 0.446 e. The van der Waals surface area contributed by atoms with Crippen molar-refractivity contribution < 1.29 is 26.7 Å². The molecular formula is C11H5BrF5N3OS2. The molecule has 0 atom stereocenters. The number of aromatic nitrogens is 2. The van der Waals surface area contributed by atoms with Gasteiger partial charge in [-0.05, 0) is 51.4 Å². The minimum atomic E-state index is -4.50. The van der Waals surface area contributed by atoms with E-state index in [1.807, 2.05) is 0 Å². The van der Waals surface area contributed by atoms with Gasteiger partial charge in [0.05, 0.1) is 10.2 Å². The lowest BCUT2D eigenvalue weighted by Gasteiger charge is -2.12. The fourth-order valence-corrected chi connectivity index (χ4v) is 3.26. The van der Waals surface area contributed by atoms with E-state index in [1.165, 1.54) is 18.2 Å². The predicted molar refractivity (Wildman–Crippen MR) is 78.9 cm³/mol. The van der Waals surface area contributed by atoms with Crippen LogP contribution in [0.1, 0.15) is 21.8 Å². The van der Waals surface area contributed by atoms with Crippen LogP contribution in [-0.4, -0.2) is 21.0 Å². The third kappa shape index (κ3) is 4.61. The van der Waals surface area contributed by atoms with Gasteiger partial charge in [0.25, 0.3) is 12.3 Å². The Morgan fingerprint density at radius 1 is 1.35 bits per heavy atom. The van der Waals surface area contributed by atoms with Crippen molar-refractivity contribution in [2.75, 3.05) is 5.32 Å². The van der Waals surface area contributed by atoms with Gasteiger partial charge in [-0.25, -0.2) is 8.78 Å². The molecule has 1 aromatic carbocycles. The average Bonchev–Trinajstić information content (AvgIpc) is 2.91. The Labute approximate surface area is 142 Å². The van der Waals surface area contributed by atoms with E-state index < -0.39 is 28.4 Å². The van der Waals surface area contributed by atoms with Crippen molar-refractivity contribution in [2.24, 2.45) is 0 Å². The Morgan fingerprint density at radius 3 is 2.65 bits per heavy atom. The Morgan fingerprint density at radius 2 is 2.04 bits per heavy atom. The van der Waals surface area contributed by atoms with Gasteiger partial charge in [-0.1, -0.05) is 10.6 Å². The number of nitrogens with one attached hydrogen (secondary N) is 1. The summed E-state index contributed by atoms with van der Waals surface area (Å²) >= 11 is 3.07. The van der Waals surface area contributed by atoms with Crippen LogP contribution in [-0.2, 0) is 0 Å². The molecule has 0 radical (unpaired) electrons. The van der Waals surface area contributed by atoms with E-state index in [4.69, 9.17) is 0 Å². The minimum absolute atomic E-state index is 0.00764. The van der Waals surface area contributed by atoms with Crippen molar-refractivity contribution in [3.63, 3.8) is 0 Å². The van der Waals surface area contributed by atoms with Crippen LogP contribution in [0.5, 0.6) is 0 Å². The molecule has 0 spiro atoms. The molecule has 12 heteroatoms. The van der Waals surface area contributed by atoms with Crippen LogP contribution in [0, 0.1) is 0 Å². The van der Waals surface area contributed by atoms with E-state index in [1.54, 1.807) is 0 Å². The molecule has 1 amide bonds. The molecule has 1 heterocycles. The highest BCUT2D eigenvalue weighted by molar-refractivity contribution is 9.10. The number of benzene rings is 1. The smallest absolute Gasteiger partial charge is 0.320 e. The highest BCUT2D eigenvalue weighted by Crippen LogP contribution is 2.42. The highest BCUT2D eigenvalue weighted by Gasteiger charge is 2.31. The molecular weight excluding hydrogens is 429 g/mol. The quantitative estimate of drug-likeness (QED) is 0.538. The van der Waals surface area contributed by atoms with Crippen molar-refractivity contribution in [2.45, 2.75) is 16.8 Å². The molecule has 0 aliphatic heterocycles. The third-order valence-electron chi connectivity index (χ3n) is 2.36. The molecule has 0 aliphatic carbocycles. The van der Waals surface area contributed by atoms with Gasteiger partial charge < -0.3 is 5.32 Å². The normalized spacial score (nSPS) is 11.8. The molecule has 0 unspecified atom stereocenters. The molecule has 124 valence electrons. The van der Waals surface area contributed by atoms with E-state index >= 15 is 0 Å². The molecule has 0 aliphatic rings. The van der Waals surface area contributed by atoms with Crippen molar-refractivity contribution >= 4 is 50.8 Å². The zero-order valence-corrected chi connectivity index (χ0v) is 13.9. The number of nitrogens with zero attached hydrogens (tertiary/aromatic N) is 2. The second kappa shape index (κ2) is 7.09. The van der Waals surface area contributed by atoms with Gasteiger partial charge in [0.15, 0.2) is 5.69 Å². The first-order valence-corrected chi connectivity index (χ1v) is 8.03. The number of rotatable bonds is 4. The number of hydrogen-bond donors (Lipinski definition) is 1. The molecule has 0 fully saturated rings. The summed E-state index contributed by atoms with van der Waals surface area (Å²) in [5.41, 5.74) is -5.27. The second-order valence-electron chi connectivity index (χ2n) is 3.91. The summed E-state index contributed by atoms with van der Waals surface area (Å²) in [5.74, 6) is -0.926. The van der Waals surface area contributed by atoms with Gasteiger partial charge in [-0.15, -0.1) is 5.10 Å². The molecule has 2 aromatic rings. The first-order chi connectivity index (χ1) is 10.7. The zero-order valence-electron chi connectivity index (χ0n) is 10.7. The zero-order chi connectivity index (χ0) is 17.2. The van der Waals surface area contributed by atoms with E-state index in [2.05, 4.69) is 30.8 Å². The van der Waals surface area contributed by atoms with Crippen molar-refractivity contribution in [3.05, 3.63) is 33.2 Å². The minimum Gasteiger partial charge on any atom is -0.320 e. The summed E-state index contributed by atoms with van der Waals surface area (Å²) in [6.07, 6.45) is -2.98. The Balaban J connectivity index is 2.25. The number of carbonyl (C=O) groups is 1. The number of carbonyl (C=O) groups excluding carboxylic acids is 1. The maximum absolute atomic E-state index is 12.7. The standard InChI is InChI=1S/C11H5BrF5N3OS2/c12-6-4(2-1-3-5(6)22-11(15,16)17)18-10(21)8-7(9(13)14)19-20-23-8/h1-3,9H,(H,18,21). The van der Waals surface area contributed by atoms with E-state index in [0.717, 1.165) is 0 Å². The lowest BCUT2D eigenvalue weighted by Crippen LogP contribution is -2.13. The molecule has 0 saturated heterocycles. The first kappa shape index (κ1) is 18.1. The van der Waals surface area contributed by atoms with Crippen LogP contribution in [0.15, 0.2) is 27.6 Å². The molecule has 0 saturated carbocycles. The molecule has 2 rings (SSSR count). The van der Waals surface area contributed by atoms with E-state index in [-0.39, 0.29) is 26.8 Å². The Kier molecular flexibility index (Phi) is 5.57. The fourth-order valence-electron chi connectivity index (χ4n) is 1.49. The summed E-state index contributed by atoms with van der Waals surface area (Å²) in [4.78, 5) is 11.4. The van der Waals surface area contributed by atoms with Crippen molar-refractivity contribution in [3.8, 4) is 0 Å². The number of amides is 1. The van der Waals surface area contributed by atoms with Crippen LogP contribution in [0.4, 0.5) is 27.6 Å². The van der Waals surface area contributed by atoms with E-state index in [9.17, 15) is 26.7 Å². The SMILES string of the molecule is O=C(Nc1cccc(SC(F)(F)F)c1Br)c1snnc1C(F)F. The molecule has 1 N–H and O–H groups in total. The number of halogens is 6. The van der Waals surface area contributed by atoms with Crippen molar-refractivity contribution in [1.29, 1.82) is 0 Å². The Bertz CT molecular complexity index is 722. The summed E-state index contributed by atoms with van der Waals surface area (Å²) in [7, 11) is 0. The maximum atomic E-state index is 12.7. The first-order valence-electron chi connectivity index (χ1n) is 5.65. The van der Waals surface area contributed by atoms with Crippen LogP contribution >= 0.6 is 39.2 Å². The number of alkyl halides is 5. The van der Waals surface area contributed by atoms with Gasteiger partial charge in [0, 0.05) is 4.90 Å². The van der Waals surface area contributed by atoms with Gasteiger partial charge in [0.1, 0.15) is 4.88 Å². The Hall–Kier alpha value is -1.27. The second-order valence-corrected chi connectivity index (χ2v) is 6.56. The molecule has 4 nitrogen and oxygen atoms in total. The van der Waals surface area contributed by atoms with Crippen LogP contribution < -0.4 is 5.32 Å². The molecule has 1 aromatic heterocycles. The monoisotopic (exact) mass is 433 g/mol. The van der Waals surface area contributed by atoms with Crippen LogP contribution in [0.2, 0.25) is 0 Å². The lowest BCUT2D eigenvalue weighted by molar-refractivity contribution is -0.0328. The molecule has 0 bridgehead atoms. The number of anilines is 1. The van der Waals surface area contributed by atoms with Gasteiger partial charge >= 0.3 is 5.51 Å². The van der Waals surface area contributed by atoms with Crippen LogP contribution in [0.25, 0.3) is 0 Å². The lowest BCUT2D eigenvalue weighted by atomic mass is 10.3. The number of thioether (sulfide) groups is 1. The maximum Gasteiger partial charge on any atom is 0.446 e. The van der Waals surface area contributed by atoms with Crippen molar-refractivity contribution in [1.82, 2.24) is 9.59 Å². The summed E-state index contributed by atoms with van der Waals surface area (Å²) in [6.45, 7) is 0.